The van der Waals surface area contributed by atoms with Gasteiger partial charge in [0, 0.05) is 0 Å². The molecule has 0 aliphatic rings. The van der Waals surface area contributed by atoms with E-state index in [1.54, 1.807) is 0 Å². The Morgan fingerprint density at radius 1 is 1.62 bits per heavy atom. The monoisotopic (exact) mass is 135 g/mol. The van der Waals surface area contributed by atoms with Gasteiger partial charge in [-0.3, -0.25) is 4.79 Å². The summed E-state index contributed by atoms with van der Waals surface area (Å²) in [4.78, 5) is 13.2. The van der Waals surface area contributed by atoms with Crippen molar-refractivity contribution in [1.82, 2.24) is 0 Å². The number of guanidine groups is 1. The summed E-state index contributed by atoms with van der Waals surface area (Å²) in [6.07, 6.45) is 0. The van der Waals surface area contributed by atoms with Gasteiger partial charge in [-0.15, -0.1) is 11.6 Å². The molecule has 0 saturated heterocycles. The smallest absolute Gasteiger partial charge is 0.263 e. The Hall–Kier alpha value is -0.770. The lowest BCUT2D eigenvalue weighted by Gasteiger charge is -1.85. The molecule has 0 bridgehead atoms. The number of nitrogens with zero attached hydrogens (tertiary/aromatic N) is 1. The minimum atomic E-state index is -0.522. The van der Waals surface area contributed by atoms with Crippen LogP contribution in [-0.2, 0) is 4.79 Å². The highest BCUT2D eigenvalue weighted by atomic mass is 35.5. The Morgan fingerprint density at radius 3 is 2.25 bits per heavy atom. The zero-order chi connectivity index (χ0) is 6.57. The molecule has 4 nitrogen and oxygen atoms in total. The molecule has 0 unspecified atom stereocenters. The van der Waals surface area contributed by atoms with E-state index in [4.69, 9.17) is 23.1 Å². The quantitative estimate of drug-likeness (QED) is 0.276. The van der Waals surface area contributed by atoms with Gasteiger partial charge in [0.25, 0.3) is 5.91 Å². The van der Waals surface area contributed by atoms with Crippen LogP contribution in [0.4, 0.5) is 0 Å². The molecule has 0 saturated carbocycles. The van der Waals surface area contributed by atoms with Gasteiger partial charge >= 0.3 is 0 Å². The lowest BCUT2D eigenvalue weighted by atomic mass is 10.7. The van der Waals surface area contributed by atoms with Gasteiger partial charge in [0.1, 0.15) is 5.88 Å². The van der Waals surface area contributed by atoms with Crippen molar-refractivity contribution in [3.63, 3.8) is 0 Å². The largest absolute Gasteiger partial charge is 0.370 e. The van der Waals surface area contributed by atoms with Crippen molar-refractivity contribution in [3.8, 4) is 0 Å². The molecule has 0 heterocycles. The maximum absolute atomic E-state index is 10.1. The Morgan fingerprint density at radius 2 is 2.12 bits per heavy atom. The van der Waals surface area contributed by atoms with Gasteiger partial charge in [0.15, 0.2) is 5.96 Å². The van der Waals surface area contributed by atoms with Crippen molar-refractivity contribution >= 4 is 23.5 Å². The first kappa shape index (κ1) is 7.23. The molecule has 0 spiro atoms. The SMILES string of the molecule is NC(N)=NC(=O)CCl. The van der Waals surface area contributed by atoms with Crippen molar-refractivity contribution in [3.05, 3.63) is 0 Å². The summed E-state index contributed by atoms with van der Waals surface area (Å²) >= 11 is 5.03. The standard InChI is InChI=1S/C3H6ClN3O/c4-1-2(8)7-3(5)6/h1H2,(H4,5,6,7,8). The van der Waals surface area contributed by atoms with Crippen molar-refractivity contribution in [2.75, 3.05) is 5.88 Å². The van der Waals surface area contributed by atoms with Gasteiger partial charge in [-0.05, 0) is 0 Å². The Bertz CT molecular complexity index is 118. The van der Waals surface area contributed by atoms with Crippen LogP contribution in [-0.4, -0.2) is 17.7 Å². The minimum absolute atomic E-state index is 0.183. The summed E-state index contributed by atoms with van der Waals surface area (Å²) in [5.74, 6) is -0.958. The van der Waals surface area contributed by atoms with Crippen LogP contribution in [0.25, 0.3) is 0 Å². The highest BCUT2D eigenvalue weighted by Crippen LogP contribution is 1.77. The summed E-state index contributed by atoms with van der Waals surface area (Å²) in [5, 5.41) is 0. The minimum Gasteiger partial charge on any atom is -0.370 e. The molecule has 0 aliphatic heterocycles. The van der Waals surface area contributed by atoms with Crippen molar-refractivity contribution in [1.29, 1.82) is 0 Å². The van der Waals surface area contributed by atoms with E-state index in [0.29, 0.717) is 0 Å². The number of nitrogens with two attached hydrogens (primary N) is 2. The number of aliphatic imine (C=N–C) groups is 1. The lowest BCUT2D eigenvalue weighted by Crippen LogP contribution is -2.24. The Labute approximate surface area is 51.5 Å². The molecule has 0 aromatic heterocycles. The molecule has 0 aromatic carbocycles. The second-order valence-corrected chi connectivity index (χ2v) is 1.33. The maximum atomic E-state index is 10.1. The first-order chi connectivity index (χ1) is 3.66. The number of hydrogen-bond donors (Lipinski definition) is 2. The van der Waals surface area contributed by atoms with Gasteiger partial charge in [0.2, 0.25) is 0 Å². The zero-order valence-corrected chi connectivity index (χ0v) is 4.85. The summed E-state index contributed by atoms with van der Waals surface area (Å²) < 4.78 is 0. The summed E-state index contributed by atoms with van der Waals surface area (Å²) in [5.41, 5.74) is 9.63. The van der Waals surface area contributed by atoms with E-state index >= 15 is 0 Å². The third-order valence-electron chi connectivity index (χ3n) is 0.368. The maximum Gasteiger partial charge on any atom is 0.263 e. The van der Waals surface area contributed by atoms with Crippen molar-refractivity contribution in [2.45, 2.75) is 0 Å². The predicted molar refractivity (Wildman–Crippen MR) is 31.5 cm³/mol. The number of halogens is 1. The van der Waals surface area contributed by atoms with Crippen molar-refractivity contribution in [2.24, 2.45) is 16.5 Å². The first-order valence-electron chi connectivity index (χ1n) is 1.85. The van der Waals surface area contributed by atoms with E-state index in [2.05, 4.69) is 4.99 Å². The third-order valence-corrected chi connectivity index (χ3v) is 0.597. The fourth-order valence-corrected chi connectivity index (χ4v) is 0.234. The first-order valence-corrected chi connectivity index (χ1v) is 2.38. The number of amides is 1. The van der Waals surface area contributed by atoms with E-state index in [1.807, 2.05) is 0 Å². The highest BCUT2D eigenvalue weighted by Gasteiger charge is 1.92. The van der Waals surface area contributed by atoms with Gasteiger partial charge in [-0.2, -0.15) is 4.99 Å². The summed E-state index contributed by atoms with van der Waals surface area (Å²) in [7, 11) is 0. The normalized spacial score (nSPS) is 8.12. The summed E-state index contributed by atoms with van der Waals surface area (Å²) in [6, 6.07) is 0. The molecule has 5 heteroatoms. The molecule has 0 fully saturated rings. The second-order valence-electron chi connectivity index (χ2n) is 1.06. The number of carbonyl (C=O) groups excluding carboxylic acids is 1. The third kappa shape index (κ3) is 3.42. The van der Waals surface area contributed by atoms with E-state index in [9.17, 15) is 4.79 Å². The number of rotatable bonds is 1. The fourth-order valence-electron chi connectivity index (χ4n) is 0.174. The van der Waals surface area contributed by atoms with E-state index in [0.717, 1.165) is 0 Å². The van der Waals surface area contributed by atoms with E-state index in [-0.39, 0.29) is 11.8 Å². The van der Waals surface area contributed by atoms with Crippen LogP contribution in [0.5, 0.6) is 0 Å². The van der Waals surface area contributed by atoms with Crippen molar-refractivity contribution < 1.29 is 4.79 Å². The molecule has 1 amide bonds. The van der Waals surface area contributed by atoms with E-state index in [1.165, 1.54) is 0 Å². The van der Waals surface area contributed by atoms with Crippen LogP contribution >= 0.6 is 11.6 Å². The molecule has 8 heavy (non-hydrogen) atoms. The average molecular weight is 136 g/mol. The topological polar surface area (TPSA) is 81.5 Å². The molecule has 0 atom stereocenters. The number of carbonyl (C=O) groups is 1. The van der Waals surface area contributed by atoms with Gasteiger partial charge in [-0.25, -0.2) is 0 Å². The van der Waals surface area contributed by atoms with Gasteiger partial charge in [-0.1, -0.05) is 0 Å². The molecular formula is C3H6ClN3O. The molecule has 0 radical (unpaired) electrons. The molecule has 0 rings (SSSR count). The summed E-state index contributed by atoms with van der Waals surface area (Å²) in [6.45, 7) is 0. The average Bonchev–Trinajstić information content (AvgIpc) is 1.65. The molecule has 4 N–H and O–H groups in total. The molecule has 0 aliphatic carbocycles. The van der Waals surface area contributed by atoms with Crippen LogP contribution in [0, 0.1) is 0 Å². The van der Waals surface area contributed by atoms with Crippen LogP contribution < -0.4 is 11.5 Å². The number of hydrogen-bond acceptors (Lipinski definition) is 1. The fraction of sp³-hybridized carbons (Fsp3) is 0.333. The van der Waals surface area contributed by atoms with Crippen LogP contribution in [0.3, 0.4) is 0 Å². The Kier molecular flexibility index (Phi) is 2.95. The zero-order valence-electron chi connectivity index (χ0n) is 4.10. The highest BCUT2D eigenvalue weighted by molar-refractivity contribution is 6.28. The van der Waals surface area contributed by atoms with Crippen LogP contribution in [0.2, 0.25) is 0 Å². The van der Waals surface area contributed by atoms with Gasteiger partial charge in [0.05, 0.1) is 0 Å². The Balaban J connectivity index is 3.70. The van der Waals surface area contributed by atoms with E-state index < -0.39 is 5.91 Å². The van der Waals surface area contributed by atoms with Crippen LogP contribution in [0.15, 0.2) is 4.99 Å². The molecule has 46 valence electrons. The number of alkyl halides is 1. The van der Waals surface area contributed by atoms with Gasteiger partial charge < -0.3 is 11.5 Å². The lowest BCUT2D eigenvalue weighted by molar-refractivity contribution is -0.115. The second kappa shape index (κ2) is 3.26. The molecular weight excluding hydrogens is 130 g/mol. The molecule has 0 aromatic rings. The predicted octanol–water partition coefficient (Wildman–Crippen LogP) is -0.975. The van der Waals surface area contributed by atoms with Crippen LogP contribution in [0.1, 0.15) is 0 Å².